The predicted octanol–water partition coefficient (Wildman–Crippen LogP) is 4.94. The van der Waals surface area contributed by atoms with Gasteiger partial charge in [-0.1, -0.05) is 0 Å². The fourth-order valence-electron chi connectivity index (χ4n) is 1.91. The number of hydrogen-bond acceptors (Lipinski definition) is 5. The Balaban J connectivity index is 2.12. The summed E-state index contributed by atoms with van der Waals surface area (Å²) in [6.45, 7) is 6.89. The molecule has 0 aliphatic rings. The number of carbonyl (C=O) groups excluding carboxylic acids is 1. The molecule has 0 aliphatic heterocycles. The average Bonchev–Trinajstić information content (AvgIpc) is 2.47. The van der Waals surface area contributed by atoms with Gasteiger partial charge < -0.3 is 9.47 Å². The zero-order valence-electron chi connectivity index (χ0n) is 14.6. The smallest absolute Gasteiger partial charge is 0.433 e. The highest BCUT2D eigenvalue weighted by molar-refractivity contribution is 5.85. The number of amides is 1. The normalized spacial score (nSPS) is 11.8. The second kappa shape index (κ2) is 7.19. The zero-order chi connectivity index (χ0) is 19.5. The lowest BCUT2D eigenvalue weighted by Gasteiger charge is -2.20. The molecule has 0 atom stereocenters. The molecule has 9 heteroatoms. The van der Waals surface area contributed by atoms with Crippen LogP contribution in [0.5, 0.6) is 11.8 Å². The number of nitrogens with one attached hydrogen (secondary N) is 1. The average molecular weight is 369 g/mol. The molecular weight excluding hydrogens is 351 g/mol. The minimum atomic E-state index is -4.59. The molecule has 0 saturated heterocycles. The number of aryl methyl sites for hydroxylation is 1. The molecule has 1 amide bonds. The van der Waals surface area contributed by atoms with Crippen LogP contribution in [0.15, 0.2) is 30.5 Å². The van der Waals surface area contributed by atoms with Crippen LogP contribution in [-0.2, 0) is 10.9 Å². The Hall–Kier alpha value is -2.84. The summed E-state index contributed by atoms with van der Waals surface area (Å²) in [6, 6.07) is 4.95. The summed E-state index contributed by atoms with van der Waals surface area (Å²) in [5, 5.41) is 2.56. The van der Waals surface area contributed by atoms with Gasteiger partial charge in [0.1, 0.15) is 11.4 Å². The second-order valence-electron chi connectivity index (χ2n) is 6.43. The monoisotopic (exact) mass is 369 g/mol. The van der Waals surface area contributed by atoms with Gasteiger partial charge in [-0.05, 0) is 57.5 Å². The molecule has 2 rings (SSSR count). The molecule has 0 aliphatic carbocycles. The van der Waals surface area contributed by atoms with Crippen molar-refractivity contribution in [3.8, 4) is 11.8 Å². The van der Waals surface area contributed by atoms with E-state index in [0.29, 0.717) is 11.3 Å². The second-order valence-corrected chi connectivity index (χ2v) is 6.43. The molecule has 1 N–H and O–H groups in total. The minimum absolute atomic E-state index is 0.263. The van der Waals surface area contributed by atoms with Gasteiger partial charge in [-0.3, -0.25) is 5.32 Å². The van der Waals surface area contributed by atoms with E-state index in [0.717, 1.165) is 12.3 Å². The molecule has 0 fully saturated rings. The lowest BCUT2D eigenvalue weighted by molar-refractivity contribution is -0.141. The van der Waals surface area contributed by atoms with Gasteiger partial charge in [0, 0.05) is 11.9 Å². The van der Waals surface area contributed by atoms with Crippen LogP contribution in [-0.4, -0.2) is 21.7 Å². The van der Waals surface area contributed by atoms with Crippen LogP contribution in [0.4, 0.5) is 23.7 Å². The van der Waals surface area contributed by atoms with E-state index in [1.54, 1.807) is 33.8 Å². The van der Waals surface area contributed by atoms with E-state index in [1.807, 2.05) is 0 Å². The first-order valence-corrected chi connectivity index (χ1v) is 7.63. The number of anilines is 1. The van der Waals surface area contributed by atoms with Crippen molar-refractivity contribution < 1.29 is 27.4 Å². The molecule has 1 aromatic carbocycles. The van der Waals surface area contributed by atoms with E-state index >= 15 is 0 Å². The van der Waals surface area contributed by atoms with Crippen molar-refractivity contribution in [3.63, 3.8) is 0 Å². The molecule has 1 aromatic heterocycles. The topological polar surface area (TPSA) is 73.3 Å². The number of nitrogens with zero attached hydrogens (tertiary/aromatic N) is 2. The third-order valence-corrected chi connectivity index (χ3v) is 2.95. The van der Waals surface area contributed by atoms with Crippen LogP contribution in [0.1, 0.15) is 32.0 Å². The van der Waals surface area contributed by atoms with E-state index in [4.69, 9.17) is 9.47 Å². The van der Waals surface area contributed by atoms with Gasteiger partial charge in [-0.2, -0.15) is 18.2 Å². The van der Waals surface area contributed by atoms with Gasteiger partial charge in [0.05, 0.1) is 0 Å². The summed E-state index contributed by atoms with van der Waals surface area (Å²) < 4.78 is 48.5. The van der Waals surface area contributed by atoms with Gasteiger partial charge in [-0.25, -0.2) is 9.78 Å². The maximum absolute atomic E-state index is 12.7. The van der Waals surface area contributed by atoms with Crippen LogP contribution >= 0.6 is 0 Å². The fraction of sp³-hybridized carbons (Fsp3) is 0.353. The summed E-state index contributed by atoms with van der Waals surface area (Å²) >= 11 is 0. The molecule has 0 spiro atoms. The molecule has 6 nitrogen and oxygen atoms in total. The number of aromatic nitrogens is 2. The first kappa shape index (κ1) is 19.5. The maximum atomic E-state index is 12.7. The third-order valence-electron chi connectivity index (χ3n) is 2.95. The Kier molecular flexibility index (Phi) is 5.38. The zero-order valence-corrected chi connectivity index (χ0v) is 14.6. The molecule has 2 aromatic rings. The van der Waals surface area contributed by atoms with Crippen molar-refractivity contribution in [2.75, 3.05) is 5.32 Å². The number of alkyl halides is 3. The molecule has 140 valence electrons. The Morgan fingerprint density at radius 3 is 2.42 bits per heavy atom. The summed E-state index contributed by atoms with van der Waals surface area (Å²) in [5.74, 6) is 0.263. The molecule has 0 saturated carbocycles. The van der Waals surface area contributed by atoms with Gasteiger partial charge in [-0.15, -0.1) is 0 Å². The molecule has 26 heavy (non-hydrogen) atoms. The van der Waals surface area contributed by atoms with E-state index in [-0.39, 0.29) is 5.75 Å². The number of carbonyl (C=O) groups is 1. The van der Waals surface area contributed by atoms with Gasteiger partial charge in [0.2, 0.25) is 0 Å². The largest absolute Gasteiger partial charge is 0.444 e. The van der Waals surface area contributed by atoms with Crippen molar-refractivity contribution >= 4 is 11.8 Å². The van der Waals surface area contributed by atoms with Crippen molar-refractivity contribution in [2.45, 2.75) is 39.5 Å². The first-order chi connectivity index (χ1) is 11.9. The van der Waals surface area contributed by atoms with Gasteiger partial charge in [0.15, 0.2) is 5.69 Å². The Morgan fingerprint density at radius 1 is 1.15 bits per heavy atom. The van der Waals surface area contributed by atoms with E-state index in [1.165, 1.54) is 12.1 Å². The van der Waals surface area contributed by atoms with Crippen molar-refractivity contribution in [1.82, 2.24) is 9.97 Å². The molecule has 0 unspecified atom stereocenters. The highest BCUT2D eigenvalue weighted by Crippen LogP contribution is 2.30. The first-order valence-electron chi connectivity index (χ1n) is 7.63. The van der Waals surface area contributed by atoms with Crippen LogP contribution in [0.2, 0.25) is 0 Å². The Morgan fingerprint density at radius 2 is 1.85 bits per heavy atom. The van der Waals surface area contributed by atoms with Crippen LogP contribution in [0, 0.1) is 6.92 Å². The highest BCUT2D eigenvalue weighted by Gasteiger charge is 2.33. The standard InChI is InChI=1S/C17H18F3N3O3/c1-10-9-11(22-15(24)26-16(2,3)4)5-6-12(10)25-14-21-8-7-13(23-14)17(18,19)20/h5-9H,1-4H3,(H,22,24). The van der Waals surface area contributed by atoms with Crippen LogP contribution < -0.4 is 10.1 Å². The van der Waals surface area contributed by atoms with E-state index in [9.17, 15) is 18.0 Å². The quantitative estimate of drug-likeness (QED) is 0.829. The molecule has 0 radical (unpaired) electrons. The lowest BCUT2D eigenvalue weighted by atomic mass is 10.2. The molecule has 0 bridgehead atoms. The van der Waals surface area contributed by atoms with Crippen LogP contribution in [0.3, 0.4) is 0 Å². The predicted molar refractivity (Wildman–Crippen MR) is 88.1 cm³/mol. The van der Waals surface area contributed by atoms with Gasteiger partial charge >= 0.3 is 18.3 Å². The van der Waals surface area contributed by atoms with Crippen molar-refractivity contribution in [1.29, 1.82) is 0 Å². The summed E-state index contributed by atoms with van der Waals surface area (Å²) in [5.41, 5.74) is -0.708. The number of hydrogen-bond donors (Lipinski definition) is 1. The lowest BCUT2D eigenvalue weighted by Crippen LogP contribution is -2.27. The molecular formula is C17H18F3N3O3. The van der Waals surface area contributed by atoms with E-state index in [2.05, 4.69) is 15.3 Å². The summed E-state index contributed by atoms with van der Waals surface area (Å²) in [7, 11) is 0. The van der Waals surface area contributed by atoms with Crippen LogP contribution in [0.25, 0.3) is 0 Å². The van der Waals surface area contributed by atoms with Crippen molar-refractivity contribution in [3.05, 3.63) is 41.7 Å². The highest BCUT2D eigenvalue weighted by atomic mass is 19.4. The third kappa shape index (κ3) is 5.61. The number of halogens is 3. The number of ether oxygens (including phenoxy) is 2. The summed E-state index contributed by atoms with van der Waals surface area (Å²) in [4.78, 5) is 18.8. The fourth-order valence-corrected chi connectivity index (χ4v) is 1.91. The Labute approximate surface area is 148 Å². The number of benzene rings is 1. The minimum Gasteiger partial charge on any atom is -0.444 e. The SMILES string of the molecule is Cc1cc(NC(=O)OC(C)(C)C)ccc1Oc1nccc(C(F)(F)F)n1. The van der Waals surface area contributed by atoms with Crippen molar-refractivity contribution in [2.24, 2.45) is 0 Å². The molecule has 1 heterocycles. The number of rotatable bonds is 3. The Bertz CT molecular complexity index is 802. The van der Waals surface area contributed by atoms with Gasteiger partial charge in [0.25, 0.3) is 0 Å². The van der Waals surface area contributed by atoms with E-state index < -0.39 is 29.6 Å². The summed E-state index contributed by atoms with van der Waals surface area (Å²) in [6.07, 6.45) is -4.23. The maximum Gasteiger partial charge on any atom is 0.433 e.